The molecule has 0 saturated heterocycles. The first-order valence-corrected chi connectivity index (χ1v) is 11.6. The lowest BCUT2D eigenvalue weighted by atomic mass is 9.78. The van der Waals surface area contributed by atoms with Crippen LogP contribution >= 0.6 is 0 Å². The van der Waals surface area contributed by atoms with Gasteiger partial charge in [-0.2, -0.15) is 0 Å². The van der Waals surface area contributed by atoms with E-state index >= 15 is 0 Å². The van der Waals surface area contributed by atoms with Crippen LogP contribution in [-0.2, 0) is 0 Å². The van der Waals surface area contributed by atoms with E-state index in [4.69, 9.17) is 4.42 Å². The van der Waals surface area contributed by atoms with Crippen molar-refractivity contribution in [3.63, 3.8) is 0 Å². The summed E-state index contributed by atoms with van der Waals surface area (Å²) in [5.74, 6) is -0.554. The van der Waals surface area contributed by atoms with Gasteiger partial charge in [0.15, 0.2) is 0 Å². The van der Waals surface area contributed by atoms with E-state index in [-0.39, 0.29) is 5.69 Å². The number of nitrogens with zero attached hydrogens (tertiary/aromatic N) is 1. The summed E-state index contributed by atoms with van der Waals surface area (Å²) in [6.45, 7) is 0. The first-order chi connectivity index (χ1) is 17.6. The minimum absolute atomic E-state index is 0.0232. The van der Waals surface area contributed by atoms with E-state index in [2.05, 4.69) is 35.6 Å². The largest absolute Gasteiger partial charge is 0.422 e. The Labute approximate surface area is 204 Å². The van der Waals surface area contributed by atoms with Crippen LogP contribution in [0.3, 0.4) is 0 Å². The third kappa shape index (κ3) is 2.94. The number of benzene rings is 5. The maximum Gasteiger partial charge on any atom is 0.342 e. The molecule has 5 aromatic carbocycles. The number of nitro groups is 1. The molecule has 0 amide bonds. The second-order valence-corrected chi connectivity index (χ2v) is 9.03. The van der Waals surface area contributed by atoms with Crippen molar-refractivity contribution in [2.75, 3.05) is 5.32 Å². The number of hydrogen-bond acceptors (Lipinski definition) is 5. The quantitative estimate of drug-likeness (QED) is 0.125. The van der Waals surface area contributed by atoms with Gasteiger partial charge in [0.05, 0.1) is 16.2 Å². The number of fused-ring (bicyclic) bond motifs is 7. The van der Waals surface area contributed by atoms with Gasteiger partial charge in [0.25, 0.3) is 5.69 Å². The second kappa shape index (κ2) is 7.52. The van der Waals surface area contributed by atoms with Crippen molar-refractivity contribution < 1.29 is 9.34 Å². The van der Waals surface area contributed by atoms with Gasteiger partial charge in [-0.1, -0.05) is 54.6 Å². The molecule has 1 aliphatic heterocycles. The molecule has 0 saturated carbocycles. The van der Waals surface area contributed by atoms with Crippen molar-refractivity contribution in [2.24, 2.45) is 0 Å². The Morgan fingerprint density at radius 1 is 0.750 bits per heavy atom. The van der Waals surface area contributed by atoms with Gasteiger partial charge >= 0.3 is 5.63 Å². The van der Waals surface area contributed by atoms with E-state index in [0.717, 1.165) is 38.2 Å². The average molecular weight is 470 g/mol. The molecule has 1 aromatic heterocycles. The molecule has 0 spiro atoms. The Bertz CT molecular complexity index is 1940. The Morgan fingerprint density at radius 3 is 2.36 bits per heavy atom. The van der Waals surface area contributed by atoms with Gasteiger partial charge in [0.2, 0.25) is 0 Å². The number of hydrogen-bond donors (Lipinski definition) is 1. The summed E-state index contributed by atoms with van der Waals surface area (Å²) in [5.41, 5.74) is 3.54. The summed E-state index contributed by atoms with van der Waals surface area (Å²) < 4.78 is 5.76. The number of anilines is 2. The van der Waals surface area contributed by atoms with Gasteiger partial charge in [-0.25, -0.2) is 4.79 Å². The number of nitrogens with one attached hydrogen (secondary N) is 1. The highest BCUT2D eigenvalue weighted by atomic mass is 16.6. The molecule has 2 heterocycles. The number of non-ortho nitro benzene ring substituents is 1. The van der Waals surface area contributed by atoms with Crippen LogP contribution < -0.4 is 10.9 Å². The van der Waals surface area contributed by atoms with Gasteiger partial charge in [0.1, 0.15) is 5.58 Å². The molecule has 1 unspecified atom stereocenters. The summed E-state index contributed by atoms with van der Waals surface area (Å²) in [7, 11) is 0. The molecule has 1 aliphatic rings. The molecule has 7 rings (SSSR count). The van der Waals surface area contributed by atoms with Gasteiger partial charge in [-0.05, 0) is 63.0 Å². The van der Waals surface area contributed by atoms with Crippen LogP contribution in [0.2, 0.25) is 0 Å². The Kier molecular flexibility index (Phi) is 4.26. The lowest BCUT2D eigenvalue weighted by Gasteiger charge is -2.30. The minimum Gasteiger partial charge on any atom is -0.422 e. The molecular formula is C30H18N2O4. The maximum atomic E-state index is 13.5. The fraction of sp³-hybridized carbons (Fsp3) is 0.0333. The van der Waals surface area contributed by atoms with E-state index in [1.54, 1.807) is 18.2 Å². The summed E-state index contributed by atoms with van der Waals surface area (Å²) in [5, 5.41) is 20.1. The summed E-state index contributed by atoms with van der Waals surface area (Å²) in [6.07, 6.45) is 0. The predicted molar refractivity (Wildman–Crippen MR) is 141 cm³/mol. The third-order valence-corrected chi connectivity index (χ3v) is 7.03. The number of nitro benzene ring substituents is 1. The minimum atomic E-state index is -0.554. The smallest absolute Gasteiger partial charge is 0.342 e. The lowest BCUT2D eigenvalue weighted by molar-refractivity contribution is -0.384. The Hall–Kier alpha value is -4.97. The van der Waals surface area contributed by atoms with Crippen LogP contribution in [0.4, 0.5) is 17.1 Å². The third-order valence-electron chi connectivity index (χ3n) is 7.03. The van der Waals surface area contributed by atoms with Crippen LogP contribution in [0.15, 0.2) is 106 Å². The standard InChI is InChI=1S/C30H18N2O4/c33-30-28-26(20-8-5-9-21(15-20)32(34)35)27-23-16-18-7-2-1-6-17(18)14-19(23)12-13-24(27)31-29(28)22-10-3-4-11-25(22)36-30/h1-16,26,31H. The van der Waals surface area contributed by atoms with Crippen LogP contribution in [0.1, 0.15) is 22.6 Å². The predicted octanol–water partition coefficient (Wildman–Crippen LogP) is 7.24. The molecule has 6 nitrogen and oxygen atoms in total. The van der Waals surface area contributed by atoms with E-state index in [9.17, 15) is 14.9 Å². The molecule has 6 heteroatoms. The number of rotatable bonds is 2. The Balaban J connectivity index is 1.62. The zero-order chi connectivity index (χ0) is 24.4. The monoisotopic (exact) mass is 470 g/mol. The number of para-hydroxylation sites is 1. The van der Waals surface area contributed by atoms with Crippen molar-refractivity contribution >= 4 is 49.6 Å². The van der Waals surface area contributed by atoms with E-state index in [0.29, 0.717) is 22.4 Å². The van der Waals surface area contributed by atoms with E-state index < -0.39 is 16.5 Å². The zero-order valence-electron chi connectivity index (χ0n) is 18.9. The summed E-state index contributed by atoms with van der Waals surface area (Å²) in [6, 6.07) is 30.4. The molecule has 1 N–H and O–H groups in total. The van der Waals surface area contributed by atoms with E-state index in [1.807, 2.05) is 42.5 Å². The molecule has 36 heavy (non-hydrogen) atoms. The Morgan fingerprint density at radius 2 is 1.53 bits per heavy atom. The fourth-order valence-electron chi connectivity index (χ4n) is 5.45. The normalized spacial score (nSPS) is 14.4. The van der Waals surface area contributed by atoms with Crippen molar-refractivity contribution in [2.45, 2.75) is 5.92 Å². The van der Waals surface area contributed by atoms with Crippen LogP contribution in [-0.4, -0.2) is 4.92 Å². The topological polar surface area (TPSA) is 85.4 Å². The van der Waals surface area contributed by atoms with Gasteiger partial charge < -0.3 is 9.73 Å². The first-order valence-electron chi connectivity index (χ1n) is 11.6. The van der Waals surface area contributed by atoms with Gasteiger partial charge in [0, 0.05) is 29.1 Å². The SMILES string of the molecule is O=c1oc2ccccc2c2c1C(c1cccc([N+](=O)[O-])c1)c1c(ccc3cc4ccccc4cc13)N2. The molecule has 0 fully saturated rings. The maximum absolute atomic E-state index is 13.5. The van der Waals surface area contributed by atoms with Crippen molar-refractivity contribution in [1.82, 2.24) is 0 Å². The van der Waals surface area contributed by atoms with E-state index in [1.165, 1.54) is 6.07 Å². The highest BCUT2D eigenvalue weighted by molar-refractivity contribution is 6.05. The average Bonchev–Trinajstić information content (AvgIpc) is 2.91. The zero-order valence-corrected chi connectivity index (χ0v) is 18.9. The molecule has 1 atom stereocenters. The highest BCUT2D eigenvalue weighted by Gasteiger charge is 2.34. The summed E-state index contributed by atoms with van der Waals surface area (Å²) in [4.78, 5) is 24.7. The highest BCUT2D eigenvalue weighted by Crippen LogP contribution is 2.49. The molecule has 0 aliphatic carbocycles. The molecule has 0 bridgehead atoms. The molecular weight excluding hydrogens is 452 g/mol. The van der Waals surface area contributed by atoms with Crippen molar-refractivity contribution in [3.8, 4) is 0 Å². The summed E-state index contributed by atoms with van der Waals surface area (Å²) >= 11 is 0. The van der Waals surface area contributed by atoms with Crippen molar-refractivity contribution in [3.05, 3.63) is 134 Å². The molecule has 6 aromatic rings. The molecule has 0 radical (unpaired) electrons. The van der Waals surface area contributed by atoms with Gasteiger partial charge in [-0.15, -0.1) is 0 Å². The fourth-order valence-corrected chi connectivity index (χ4v) is 5.45. The molecule has 172 valence electrons. The first kappa shape index (κ1) is 20.4. The van der Waals surface area contributed by atoms with Crippen LogP contribution in [0, 0.1) is 10.1 Å². The van der Waals surface area contributed by atoms with Crippen LogP contribution in [0.25, 0.3) is 32.5 Å². The lowest BCUT2D eigenvalue weighted by Crippen LogP contribution is -2.22. The van der Waals surface area contributed by atoms with Gasteiger partial charge in [-0.3, -0.25) is 10.1 Å². The van der Waals surface area contributed by atoms with Crippen LogP contribution in [0.5, 0.6) is 0 Å². The van der Waals surface area contributed by atoms with Crippen molar-refractivity contribution in [1.29, 1.82) is 0 Å². The second-order valence-electron chi connectivity index (χ2n) is 9.03.